The van der Waals surface area contributed by atoms with Crippen molar-refractivity contribution in [3.8, 4) is 5.75 Å². The first-order chi connectivity index (χ1) is 14.1. The van der Waals surface area contributed by atoms with Crippen LogP contribution < -0.4 is 10.1 Å². The summed E-state index contributed by atoms with van der Waals surface area (Å²) in [6.07, 6.45) is 3.49. The van der Waals surface area contributed by atoms with Crippen LogP contribution in [0, 0.1) is 0 Å². The number of ketones is 1. The number of hydrogen-bond donors (Lipinski definition) is 1. The van der Waals surface area contributed by atoms with Gasteiger partial charge in [0.15, 0.2) is 5.78 Å². The number of amidine groups is 1. The second-order valence-corrected chi connectivity index (χ2v) is 6.29. The molecule has 0 saturated carbocycles. The molecule has 29 heavy (non-hydrogen) atoms. The molecule has 0 bridgehead atoms. The Hall–Kier alpha value is -3.80. The van der Waals surface area contributed by atoms with Crippen LogP contribution in [0.2, 0.25) is 0 Å². The highest BCUT2D eigenvalue weighted by Gasteiger charge is 2.14. The molecule has 0 radical (unpaired) electrons. The maximum absolute atomic E-state index is 12.1. The molecule has 0 saturated heterocycles. The molecule has 1 N–H and O–H groups in total. The first-order valence-electron chi connectivity index (χ1n) is 9.08. The van der Waals surface area contributed by atoms with E-state index in [1.165, 1.54) is 6.92 Å². The molecule has 6 nitrogen and oxygen atoms in total. The van der Waals surface area contributed by atoms with Gasteiger partial charge in [-0.1, -0.05) is 18.2 Å². The number of carbonyl (C=O) groups is 1. The quantitative estimate of drug-likeness (QED) is 0.363. The lowest BCUT2D eigenvalue weighted by atomic mass is 10.1. The van der Waals surface area contributed by atoms with Gasteiger partial charge in [-0.2, -0.15) is 0 Å². The number of ether oxygens (including phenoxy) is 1. The molecule has 1 heterocycles. The van der Waals surface area contributed by atoms with E-state index >= 15 is 0 Å². The zero-order valence-corrected chi connectivity index (χ0v) is 16.4. The summed E-state index contributed by atoms with van der Waals surface area (Å²) in [5, 5.41) is 3.31. The number of pyridine rings is 1. The van der Waals surface area contributed by atoms with Crippen molar-refractivity contribution in [2.75, 3.05) is 12.4 Å². The van der Waals surface area contributed by atoms with Crippen LogP contribution in [0.15, 0.2) is 77.0 Å². The van der Waals surface area contributed by atoms with Crippen molar-refractivity contribution in [3.05, 3.63) is 83.7 Å². The number of nitrogens with zero attached hydrogens (tertiary/aromatic N) is 3. The molecule has 0 atom stereocenters. The van der Waals surface area contributed by atoms with Gasteiger partial charge < -0.3 is 10.1 Å². The van der Waals surface area contributed by atoms with Crippen LogP contribution in [-0.4, -0.2) is 30.4 Å². The van der Waals surface area contributed by atoms with Crippen LogP contribution >= 0.6 is 0 Å². The Labute approximate surface area is 170 Å². The van der Waals surface area contributed by atoms with E-state index in [1.807, 2.05) is 48.5 Å². The van der Waals surface area contributed by atoms with Crippen LogP contribution in [0.5, 0.6) is 5.75 Å². The van der Waals surface area contributed by atoms with Gasteiger partial charge in [-0.25, -0.2) is 0 Å². The molecule has 6 heteroatoms. The van der Waals surface area contributed by atoms with Crippen LogP contribution in [0.4, 0.5) is 11.4 Å². The molecule has 2 aromatic carbocycles. The van der Waals surface area contributed by atoms with E-state index in [4.69, 9.17) is 9.73 Å². The van der Waals surface area contributed by atoms with Gasteiger partial charge in [0.25, 0.3) is 0 Å². The number of rotatable bonds is 7. The molecule has 3 aromatic rings. The van der Waals surface area contributed by atoms with Gasteiger partial charge in [-0.3, -0.25) is 19.8 Å². The zero-order valence-electron chi connectivity index (χ0n) is 16.4. The molecule has 1 aromatic heterocycles. The van der Waals surface area contributed by atoms with Gasteiger partial charge in [-0.15, -0.1) is 0 Å². The van der Waals surface area contributed by atoms with Crippen molar-refractivity contribution < 1.29 is 9.53 Å². The van der Waals surface area contributed by atoms with E-state index in [1.54, 1.807) is 25.6 Å². The third-order valence-corrected chi connectivity index (χ3v) is 4.33. The number of para-hydroxylation sites is 1. The molecule has 0 fully saturated rings. The Balaban J connectivity index is 2.08. The van der Waals surface area contributed by atoms with E-state index in [0.29, 0.717) is 35.1 Å². The van der Waals surface area contributed by atoms with E-state index in [2.05, 4.69) is 22.0 Å². The number of aromatic nitrogens is 1. The number of hydrogen-bond acceptors (Lipinski definition) is 5. The monoisotopic (exact) mass is 386 g/mol. The van der Waals surface area contributed by atoms with Crippen molar-refractivity contribution in [1.82, 2.24) is 4.98 Å². The number of methoxy groups -OCH3 is 1. The molecular formula is C23H22N4O2. The second kappa shape index (κ2) is 9.41. The molecule has 0 amide bonds. The molecule has 0 aliphatic heterocycles. The fraction of sp³-hybridized carbons (Fsp3) is 0.130. The molecule has 0 spiro atoms. The SMILES string of the molecule is C=Nc1ccc(OC)cc1C(=NCc1cccnc1)Nc1ccccc1C(C)=O. The Morgan fingerprint density at radius 2 is 1.97 bits per heavy atom. The van der Waals surface area contributed by atoms with E-state index in [9.17, 15) is 4.79 Å². The lowest BCUT2D eigenvalue weighted by Gasteiger charge is -2.15. The molecule has 146 valence electrons. The molecular weight excluding hydrogens is 364 g/mol. The highest BCUT2D eigenvalue weighted by Crippen LogP contribution is 2.27. The van der Waals surface area contributed by atoms with Gasteiger partial charge in [0.05, 0.1) is 25.0 Å². The zero-order chi connectivity index (χ0) is 20.6. The summed E-state index contributed by atoms with van der Waals surface area (Å²) in [7, 11) is 1.60. The van der Waals surface area contributed by atoms with Crippen LogP contribution in [0.3, 0.4) is 0 Å². The summed E-state index contributed by atoms with van der Waals surface area (Å²) in [6, 6.07) is 16.6. The van der Waals surface area contributed by atoms with Crippen LogP contribution in [-0.2, 0) is 6.54 Å². The van der Waals surface area contributed by atoms with E-state index in [-0.39, 0.29) is 5.78 Å². The van der Waals surface area contributed by atoms with E-state index < -0.39 is 0 Å². The molecule has 0 unspecified atom stereocenters. The summed E-state index contributed by atoms with van der Waals surface area (Å²) in [6.45, 7) is 5.61. The van der Waals surface area contributed by atoms with Gasteiger partial charge in [-0.05, 0) is 55.6 Å². The molecule has 3 rings (SSSR count). The minimum absolute atomic E-state index is 0.0348. The average Bonchev–Trinajstić information content (AvgIpc) is 2.77. The summed E-state index contributed by atoms with van der Waals surface area (Å²) in [5.74, 6) is 1.19. The van der Waals surface area contributed by atoms with Gasteiger partial charge in [0.2, 0.25) is 0 Å². The third-order valence-electron chi connectivity index (χ3n) is 4.33. The highest BCUT2D eigenvalue weighted by molar-refractivity contribution is 6.14. The van der Waals surface area contributed by atoms with Crippen molar-refractivity contribution in [2.24, 2.45) is 9.98 Å². The number of carbonyl (C=O) groups excluding carboxylic acids is 1. The Morgan fingerprint density at radius 1 is 1.14 bits per heavy atom. The minimum Gasteiger partial charge on any atom is -0.497 e. The summed E-state index contributed by atoms with van der Waals surface area (Å²) in [5.41, 5.74) is 3.59. The summed E-state index contributed by atoms with van der Waals surface area (Å²) < 4.78 is 5.37. The van der Waals surface area contributed by atoms with Gasteiger partial charge in [0, 0.05) is 23.5 Å². The van der Waals surface area contributed by atoms with Crippen LogP contribution in [0.1, 0.15) is 28.4 Å². The standard InChI is InChI=1S/C23H22N4O2/c1-16(28)19-8-4-5-9-22(19)27-23(26-15-17-7-6-12-25-14-17)20-13-18(29-3)10-11-21(20)24-2/h4-14H,2,15H2,1,3H3,(H,26,27). The lowest BCUT2D eigenvalue weighted by molar-refractivity contribution is 0.101. The topological polar surface area (TPSA) is 75.9 Å². The first-order valence-corrected chi connectivity index (χ1v) is 9.08. The molecule has 0 aliphatic carbocycles. The summed E-state index contributed by atoms with van der Waals surface area (Å²) in [4.78, 5) is 25.1. The van der Waals surface area contributed by atoms with E-state index in [0.717, 1.165) is 11.1 Å². The fourth-order valence-electron chi connectivity index (χ4n) is 2.85. The maximum Gasteiger partial charge on any atom is 0.161 e. The Morgan fingerprint density at radius 3 is 2.66 bits per heavy atom. The van der Waals surface area contributed by atoms with Crippen LogP contribution in [0.25, 0.3) is 0 Å². The first kappa shape index (κ1) is 19.9. The number of Topliss-reactive ketones (excluding diaryl/α,β-unsaturated/α-hetero) is 1. The number of aliphatic imine (C=N–C) groups is 2. The Kier molecular flexibility index (Phi) is 6.47. The van der Waals surface area contributed by atoms with Gasteiger partial charge in [0.1, 0.15) is 11.6 Å². The number of anilines is 1. The van der Waals surface area contributed by atoms with Crippen molar-refractivity contribution in [2.45, 2.75) is 13.5 Å². The lowest BCUT2D eigenvalue weighted by Crippen LogP contribution is -2.16. The maximum atomic E-state index is 12.1. The number of benzene rings is 2. The largest absolute Gasteiger partial charge is 0.497 e. The smallest absolute Gasteiger partial charge is 0.161 e. The number of nitrogens with one attached hydrogen (secondary N) is 1. The average molecular weight is 386 g/mol. The Bertz CT molecular complexity index is 1050. The van der Waals surface area contributed by atoms with Crippen molar-refractivity contribution in [1.29, 1.82) is 0 Å². The summed E-state index contributed by atoms with van der Waals surface area (Å²) >= 11 is 0. The minimum atomic E-state index is -0.0348. The third kappa shape index (κ3) is 4.93. The van der Waals surface area contributed by atoms with Crippen molar-refractivity contribution >= 4 is 29.7 Å². The van der Waals surface area contributed by atoms with Crippen molar-refractivity contribution in [3.63, 3.8) is 0 Å². The second-order valence-electron chi connectivity index (χ2n) is 6.29. The van der Waals surface area contributed by atoms with Gasteiger partial charge >= 0.3 is 0 Å². The normalized spacial score (nSPS) is 11.0. The fourth-order valence-corrected chi connectivity index (χ4v) is 2.85. The predicted molar refractivity (Wildman–Crippen MR) is 117 cm³/mol. The predicted octanol–water partition coefficient (Wildman–Crippen LogP) is 4.68. The molecule has 0 aliphatic rings. The highest BCUT2D eigenvalue weighted by atomic mass is 16.5.